The third-order valence-corrected chi connectivity index (χ3v) is 7.11. The third-order valence-electron chi connectivity index (χ3n) is 6.05. The minimum Gasteiger partial charge on any atom is -0.482 e. The van der Waals surface area contributed by atoms with Crippen LogP contribution in [0.5, 0.6) is 5.75 Å². The number of fused-ring (bicyclic) bond motifs is 5. The van der Waals surface area contributed by atoms with Crippen LogP contribution in [0.2, 0.25) is 10.0 Å². The number of nitrogens with one attached hydrogen (secondary N) is 1. The molecule has 10 heteroatoms. The SMILES string of the molecule is O=C(COc1ccc(Cl)cc1Cl)NCC12C=CC(O1)C1C(=O)N(c3ccc(Br)cc3)C(=O)C12. The van der Waals surface area contributed by atoms with E-state index in [2.05, 4.69) is 21.2 Å². The van der Waals surface area contributed by atoms with E-state index in [1.165, 1.54) is 11.0 Å². The molecule has 2 fully saturated rings. The summed E-state index contributed by atoms with van der Waals surface area (Å²) in [6.07, 6.45) is 3.05. The summed E-state index contributed by atoms with van der Waals surface area (Å²) in [5, 5.41) is 3.51. The second-order valence-electron chi connectivity index (χ2n) is 8.03. The summed E-state index contributed by atoms with van der Waals surface area (Å²) >= 11 is 15.3. The predicted octanol–water partition coefficient (Wildman–Crippen LogP) is 3.76. The van der Waals surface area contributed by atoms with Gasteiger partial charge in [0.05, 0.1) is 35.2 Å². The van der Waals surface area contributed by atoms with Gasteiger partial charge in [-0.05, 0) is 42.5 Å². The number of halogens is 3. The van der Waals surface area contributed by atoms with E-state index >= 15 is 0 Å². The van der Waals surface area contributed by atoms with Gasteiger partial charge in [0.1, 0.15) is 11.4 Å². The number of carbonyl (C=O) groups is 3. The number of rotatable bonds is 6. The monoisotopic (exact) mass is 550 g/mol. The smallest absolute Gasteiger partial charge is 0.258 e. The van der Waals surface area contributed by atoms with Gasteiger partial charge in [-0.1, -0.05) is 51.3 Å². The summed E-state index contributed by atoms with van der Waals surface area (Å²) in [5.41, 5.74) is -0.575. The molecule has 5 rings (SSSR count). The quantitative estimate of drug-likeness (QED) is 0.436. The molecule has 33 heavy (non-hydrogen) atoms. The molecule has 0 spiro atoms. The van der Waals surface area contributed by atoms with E-state index in [4.69, 9.17) is 32.7 Å². The van der Waals surface area contributed by atoms with Crippen molar-refractivity contribution in [2.45, 2.75) is 11.7 Å². The minimum absolute atomic E-state index is 0.0326. The molecule has 4 unspecified atom stereocenters. The molecule has 3 heterocycles. The van der Waals surface area contributed by atoms with Crippen LogP contribution in [0.15, 0.2) is 59.1 Å². The first-order valence-corrected chi connectivity index (χ1v) is 11.7. The molecule has 3 aliphatic heterocycles. The molecule has 2 saturated heterocycles. The van der Waals surface area contributed by atoms with Gasteiger partial charge in [0, 0.05) is 9.50 Å². The number of benzene rings is 2. The third kappa shape index (κ3) is 3.85. The van der Waals surface area contributed by atoms with E-state index in [-0.39, 0.29) is 25.0 Å². The fourth-order valence-corrected chi connectivity index (χ4v) is 5.30. The van der Waals surface area contributed by atoms with Crippen molar-refractivity contribution in [1.29, 1.82) is 0 Å². The first-order chi connectivity index (χ1) is 15.8. The van der Waals surface area contributed by atoms with E-state index in [0.717, 1.165) is 4.47 Å². The summed E-state index contributed by atoms with van der Waals surface area (Å²) in [6.45, 7) is -0.249. The molecule has 3 amide bonds. The summed E-state index contributed by atoms with van der Waals surface area (Å²) < 4.78 is 12.3. The van der Waals surface area contributed by atoms with Crippen LogP contribution in [0.1, 0.15) is 0 Å². The van der Waals surface area contributed by atoms with E-state index in [0.29, 0.717) is 21.5 Å². The summed E-state index contributed by atoms with van der Waals surface area (Å²) in [6, 6.07) is 11.7. The van der Waals surface area contributed by atoms with Gasteiger partial charge in [0.25, 0.3) is 5.91 Å². The van der Waals surface area contributed by atoms with E-state index in [9.17, 15) is 14.4 Å². The maximum Gasteiger partial charge on any atom is 0.258 e. The standard InChI is InChI=1S/C23H17BrCl2N2O5/c24-12-1-4-14(5-2-12)28-21(30)19-17-7-8-23(33-17,20(19)22(28)31)11-27-18(29)10-32-16-6-3-13(25)9-15(16)26/h1-9,17,19-20H,10-11H2,(H,27,29). The number of hydrogen-bond donors (Lipinski definition) is 1. The average Bonchev–Trinajstić information content (AvgIpc) is 3.43. The zero-order valence-corrected chi connectivity index (χ0v) is 20.1. The topological polar surface area (TPSA) is 84.9 Å². The Labute approximate surface area is 207 Å². The molecule has 3 aliphatic rings. The molecule has 0 aromatic heterocycles. The van der Waals surface area contributed by atoms with Crippen LogP contribution in [0.25, 0.3) is 0 Å². The van der Waals surface area contributed by atoms with E-state index in [1.54, 1.807) is 48.6 Å². The Kier molecular flexibility index (Phi) is 5.73. The second kappa shape index (κ2) is 8.43. The Hall–Kier alpha value is -2.39. The normalized spacial score (nSPS) is 27.2. The highest BCUT2D eigenvalue weighted by Gasteiger charge is 2.67. The first kappa shape index (κ1) is 22.4. The van der Waals surface area contributed by atoms with Gasteiger partial charge in [0.15, 0.2) is 6.61 Å². The van der Waals surface area contributed by atoms with Crippen LogP contribution in [0, 0.1) is 11.8 Å². The average molecular weight is 552 g/mol. The lowest BCUT2D eigenvalue weighted by Gasteiger charge is -2.29. The Balaban J connectivity index is 1.27. The molecule has 2 bridgehead atoms. The largest absolute Gasteiger partial charge is 0.482 e. The molecule has 170 valence electrons. The summed E-state index contributed by atoms with van der Waals surface area (Å²) in [5.74, 6) is -2.05. The van der Waals surface area contributed by atoms with Crippen molar-refractivity contribution in [1.82, 2.24) is 5.32 Å². The highest BCUT2D eigenvalue weighted by Crippen LogP contribution is 2.52. The second-order valence-corrected chi connectivity index (χ2v) is 9.79. The molecule has 1 N–H and O–H groups in total. The molecule has 2 aromatic carbocycles. The van der Waals surface area contributed by atoms with Crippen LogP contribution in [0.3, 0.4) is 0 Å². The number of anilines is 1. The fourth-order valence-electron chi connectivity index (χ4n) is 4.57. The first-order valence-electron chi connectivity index (χ1n) is 10.1. The maximum absolute atomic E-state index is 13.3. The van der Waals surface area contributed by atoms with Gasteiger partial charge in [0.2, 0.25) is 11.8 Å². The van der Waals surface area contributed by atoms with Gasteiger partial charge in [-0.3, -0.25) is 14.4 Å². The Morgan fingerprint density at radius 3 is 2.64 bits per heavy atom. The Morgan fingerprint density at radius 1 is 1.15 bits per heavy atom. The van der Waals surface area contributed by atoms with Gasteiger partial charge in [-0.15, -0.1) is 0 Å². The molecule has 0 radical (unpaired) electrons. The lowest BCUT2D eigenvalue weighted by Crippen LogP contribution is -2.49. The number of imide groups is 1. The molecule has 4 atom stereocenters. The molecule has 0 saturated carbocycles. The van der Waals surface area contributed by atoms with Crippen LogP contribution in [0.4, 0.5) is 5.69 Å². The zero-order chi connectivity index (χ0) is 23.3. The van der Waals surface area contributed by atoms with Crippen molar-refractivity contribution in [2.75, 3.05) is 18.1 Å². The molecule has 7 nitrogen and oxygen atoms in total. The van der Waals surface area contributed by atoms with Crippen molar-refractivity contribution in [3.63, 3.8) is 0 Å². The highest BCUT2D eigenvalue weighted by molar-refractivity contribution is 9.10. The minimum atomic E-state index is -1.08. The number of ether oxygens (including phenoxy) is 2. The molecular formula is C23H17BrCl2N2O5. The van der Waals surface area contributed by atoms with Crippen LogP contribution >= 0.6 is 39.1 Å². The number of hydrogen-bond acceptors (Lipinski definition) is 5. The van der Waals surface area contributed by atoms with Crippen molar-refractivity contribution in [3.05, 3.63) is 69.1 Å². The van der Waals surface area contributed by atoms with Crippen LogP contribution < -0.4 is 15.0 Å². The van der Waals surface area contributed by atoms with Gasteiger partial charge < -0.3 is 14.8 Å². The number of carbonyl (C=O) groups excluding carboxylic acids is 3. The van der Waals surface area contributed by atoms with Crippen molar-refractivity contribution in [2.24, 2.45) is 11.8 Å². The van der Waals surface area contributed by atoms with Crippen LogP contribution in [-0.4, -0.2) is 42.6 Å². The molecular weight excluding hydrogens is 535 g/mol. The van der Waals surface area contributed by atoms with Gasteiger partial charge in [-0.25, -0.2) is 4.90 Å². The Bertz CT molecular complexity index is 1190. The lowest BCUT2D eigenvalue weighted by molar-refractivity contribution is -0.129. The van der Waals surface area contributed by atoms with E-state index in [1.807, 2.05) is 0 Å². The number of amides is 3. The summed E-state index contributed by atoms with van der Waals surface area (Å²) in [4.78, 5) is 40.1. The maximum atomic E-state index is 13.3. The van der Waals surface area contributed by atoms with Crippen molar-refractivity contribution in [3.8, 4) is 5.75 Å². The van der Waals surface area contributed by atoms with Gasteiger partial charge in [-0.2, -0.15) is 0 Å². The zero-order valence-electron chi connectivity index (χ0n) is 17.0. The molecule has 0 aliphatic carbocycles. The molecule has 2 aromatic rings. The Morgan fingerprint density at radius 2 is 1.91 bits per heavy atom. The van der Waals surface area contributed by atoms with Crippen molar-refractivity contribution >= 4 is 62.5 Å². The fraction of sp³-hybridized carbons (Fsp3) is 0.261. The summed E-state index contributed by atoms with van der Waals surface area (Å²) in [7, 11) is 0. The predicted molar refractivity (Wildman–Crippen MR) is 125 cm³/mol. The van der Waals surface area contributed by atoms with E-state index < -0.39 is 29.4 Å². The highest BCUT2D eigenvalue weighted by atomic mass is 79.9. The van der Waals surface area contributed by atoms with Crippen molar-refractivity contribution < 1.29 is 23.9 Å². The van der Waals surface area contributed by atoms with Crippen LogP contribution in [-0.2, 0) is 19.1 Å². The number of nitrogens with zero attached hydrogens (tertiary/aromatic N) is 1. The lowest BCUT2D eigenvalue weighted by atomic mass is 9.77. The van der Waals surface area contributed by atoms with Gasteiger partial charge >= 0.3 is 0 Å².